The van der Waals surface area contributed by atoms with Gasteiger partial charge in [0.25, 0.3) is 0 Å². The van der Waals surface area contributed by atoms with Gasteiger partial charge in [-0.2, -0.15) is 0 Å². The van der Waals surface area contributed by atoms with Crippen molar-refractivity contribution in [1.29, 1.82) is 0 Å². The van der Waals surface area contributed by atoms with Crippen molar-refractivity contribution in [2.24, 2.45) is 0 Å². The fraction of sp³-hybridized carbons (Fsp3) is 0.351. The summed E-state index contributed by atoms with van der Waals surface area (Å²) in [4.78, 5) is 31.2. The van der Waals surface area contributed by atoms with Gasteiger partial charge in [0.15, 0.2) is 0 Å². The Morgan fingerprint density at radius 3 is 0.971 bits per heavy atom. The zero-order valence-corrected chi connectivity index (χ0v) is 62.5. The lowest BCUT2D eigenvalue weighted by Gasteiger charge is -2.14. The molecule has 0 aliphatic carbocycles. The van der Waals surface area contributed by atoms with E-state index in [-0.39, 0.29) is 5.56 Å². The molecule has 11 rings (SSSR count). The quantitative estimate of drug-likeness (QED) is 0.0318. The van der Waals surface area contributed by atoms with Crippen LogP contribution in [0.4, 0.5) is 0 Å². The first kappa shape index (κ1) is 73.3. The fourth-order valence-electron chi connectivity index (χ4n) is 15.3. The minimum Gasteiger partial charge on any atom is -0.492 e. The lowest BCUT2D eigenvalue weighted by molar-refractivity contribution is 0.0696. The van der Waals surface area contributed by atoms with Crippen LogP contribution < -0.4 is 9.47 Å². The maximum Gasteiger partial charge on any atom is 0.335 e. The van der Waals surface area contributed by atoms with Gasteiger partial charge >= 0.3 is 5.97 Å². The van der Waals surface area contributed by atoms with Gasteiger partial charge in [0.05, 0.1) is 52.7 Å². The second-order valence-corrected chi connectivity index (χ2v) is 28.7. The first-order chi connectivity index (χ1) is 49.5. The van der Waals surface area contributed by atoms with Crippen LogP contribution in [0.3, 0.4) is 0 Å². The Morgan fingerprint density at radius 1 is 0.353 bits per heavy atom. The van der Waals surface area contributed by atoms with E-state index in [0.717, 1.165) is 121 Å². The highest BCUT2D eigenvalue weighted by Crippen LogP contribution is 2.43. The average Bonchev–Trinajstić information content (AvgIpc) is 1.57. The third-order valence-corrected chi connectivity index (χ3v) is 20.1. The maximum atomic E-state index is 11.8. The molecule has 102 heavy (non-hydrogen) atoms. The maximum absolute atomic E-state index is 11.8. The van der Waals surface area contributed by atoms with Gasteiger partial charge in [-0.25, -0.2) is 14.8 Å². The van der Waals surface area contributed by atoms with Crippen LogP contribution in [-0.4, -0.2) is 44.2 Å². The summed E-state index contributed by atoms with van der Waals surface area (Å²) in [6.45, 7) is 25.5. The third kappa shape index (κ3) is 18.2. The molecule has 0 radical (unpaired) electrons. The molecule has 2 aliphatic rings. The second kappa shape index (κ2) is 35.1. The number of carbonyl (C=O) groups is 1. The van der Waals surface area contributed by atoms with Gasteiger partial charge in [0.1, 0.15) is 11.5 Å². The highest BCUT2D eigenvalue weighted by Gasteiger charge is 2.24. The zero-order valence-electron chi connectivity index (χ0n) is 62.5. The monoisotopic (exact) mass is 1350 g/mol. The highest BCUT2D eigenvalue weighted by molar-refractivity contribution is 6.01. The molecule has 3 aromatic heterocycles. The summed E-state index contributed by atoms with van der Waals surface area (Å²) in [6, 6.07) is 41.8. The number of hydrogen-bond donors (Lipinski definition) is 3. The molecule has 0 saturated heterocycles. The molecule has 524 valence electrons. The summed E-state index contributed by atoms with van der Waals surface area (Å²) in [6.07, 6.45) is 33.4. The Balaban J connectivity index is 1.03. The topological polar surface area (TPSA) is 113 Å². The summed E-state index contributed by atoms with van der Waals surface area (Å²) < 4.78 is 13.5. The molecule has 0 fully saturated rings. The van der Waals surface area contributed by atoms with Crippen molar-refractivity contribution in [3.8, 4) is 79.7 Å². The van der Waals surface area contributed by atoms with E-state index < -0.39 is 5.97 Å². The molecule has 0 spiro atoms. The van der Waals surface area contributed by atoms with E-state index in [4.69, 9.17) is 19.4 Å². The highest BCUT2D eigenvalue weighted by atomic mass is 16.5. The number of aromatic amines is 2. The Labute approximate surface area is 607 Å². The van der Waals surface area contributed by atoms with Crippen LogP contribution in [-0.2, 0) is 0 Å². The number of aryl methyl sites for hydroxylation is 9. The van der Waals surface area contributed by atoms with Crippen LogP contribution in [0.1, 0.15) is 248 Å². The lowest BCUT2D eigenvalue weighted by Crippen LogP contribution is -2.03. The van der Waals surface area contributed by atoms with Crippen LogP contribution in [0.2, 0.25) is 0 Å². The zero-order chi connectivity index (χ0) is 71.7. The first-order valence-electron chi connectivity index (χ1n) is 37.9. The van der Waals surface area contributed by atoms with E-state index >= 15 is 0 Å². The Bertz CT molecular complexity index is 4750. The van der Waals surface area contributed by atoms with Gasteiger partial charge in [-0.05, 0) is 216 Å². The van der Waals surface area contributed by atoms with Crippen molar-refractivity contribution in [1.82, 2.24) is 19.9 Å². The number of aromatic nitrogens is 4. The summed E-state index contributed by atoms with van der Waals surface area (Å²) in [5.41, 5.74) is 29.8. The number of ether oxygens (including phenoxy) is 2. The number of aromatic carboxylic acids is 1. The van der Waals surface area contributed by atoms with E-state index in [1.807, 2.05) is 12.1 Å². The van der Waals surface area contributed by atoms with E-state index in [2.05, 4.69) is 219 Å². The number of nitrogens with one attached hydrogen (secondary N) is 2. The predicted molar refractivity (Wildman–Crippen MR) is 430 cm³/mol. The molecule has 9 aromatic rings. The van der Waals surface area contributed by atoms with Gasteiger partial charge < -0.3 is 24.5 Å². The molecule has 0 amide bonds. The van der Waals surface area contributed by atoms with Crippen LogP contribution in [0, 0.1) is 86.0 Å². The summed E-state index contributed by atoms with van der Waals surface area (Å²) in [5.74, 6) is 14.2. The fourth-order valence-corrected chi connectivity index (χ4v) is 15.3. The number of nitrogens with zero attached hydrogens (tertiary/aromatic N) is 2. The molecule has 0 saturated carbocycles. The molecule has 3 N–H and O–H groups in total. The molecule has 5 heterocycles. The number of unbranched alkanes of at least 4 members (excludes halogenated alkanes) is 18. The number of hydrogen-bond acceptors (Lipinski definition) is 5. The van der Waals surface area contributed by atoms with E-state index in [0.29, 0.717) is 35.8 Å². The van der Waals surface area contributed by atoms with Crippen LogP contribution in [0.5, 0.6) is 11.5 Å². The molecule has 8 bridgehead atoms. The molecular weight excluding hydrogens is 1250 g/mol. The largest absolute Gasteiger partial charge is 0.492 e. The van der Waals surface area contributed by atoms with Gasteiger partial charge in [-0.15, -0.1) is 0 Å². The predicted octanol–water partition coefficient (Wildman–Crippen LogP) is 25.2. The number of rotatable bonds is 29. The number of H-pyrrole nitrogens is 2. The van der Waals surface area contributed by atoms with Crippen molar-refractivity contribution in [2.45, 2.75) is 205 Å². The van der Waals surface area contributed by atoms with Crippen LogP contribution >= 0.6 is 0 Å². The lowest BCUT2D eigenvalue weighted by atomic mass is 9.92. The van der Waals surface area contributed by atoms with E-state index in [9.17, 15) is 9.90 Å². The smallest absolute Gasteiger partial charge is 0.335 e. The van der Waals surface area contributed by atoms with Gasteiger partial charge in [-0.1, -0.05) is 218 Å². The van der Waals surface area contributed by atoms with Crippen molar-refractivity contribution in [3.63, 3.8) is 0 Å². The standard InChI is InChI=1S/C94H104N4O4/c1-12-14-16-18-20-22-24-26-28-30-52-101-85-61-76(43-37-72-34-40-74(41-35-72)94(99)100)86(102-53-31-29-27-25-23-21-19-17-15-13-2)60-75(85)42-36-71-32-38-73(39-33-71)90-77-44-46-79(95-77)91(87-65(6)54-62(3)55-66(87)7)81-48-50-83(97-81)93(89-69(10)58-64(5)59-70(89)11)84-51-49-82(98-84)92(80-47-45-78(90)96-80)88-67(8)56-63(4)57-68(88)9/h32-35,38-41,44-51,54-61,95,98H,12-31,52-53H2,1-11H3,(H,99,100). The summed E-state index contributed by atoms with van der Waals surface area (Å²) in [7, 11) is 0. The number of fused-ring (bicyclic) bond motifs is 8. The van der Waals surface area contributed by atoms with Gasteiger partial charge in [0.2, 0.25) is 0 Å². The molecule has 2 aliphatic heterocycles. The SMILES string of the molecule is CCCCCCCCCCCCOc1cc(C#Cc2ccc(-c3c4nc(c(-c5c(C)cc(C)cc5C)c5ccc([nH]5)c(-c5c(C)cc(C)cc5C)c5nc(c(-c6c(C)cc(C)cc6C)c6ccc3[nH]6)C=C5)C=C4)cc2)c(OCCCCCCCCCCCC)cc1C#Cc1ccc(C(=O)O)cc1. The summed E-state index contributed by atoms with van der Waals surface area (Å²) in [5, 5.41) is 9.64. The van der Waals surface area contributed by atoms with Crippen molar-refractivity contribution in [2.75, 3.05) is 13.2 Å². The minimum atomic E-state index is -0.971. The molecule has 0 unspecified atom stereocenters. The Morgan fingerprint density at radius 2 is 0.647 bits per heavy atom. The Kier molecular flexibility index (Phi) is 25.3. The van der Waals surface area contributed by atoms with Crippen LogP contribution in [0.25, 0.3) is 90.9 Å². The number of benzene rings is 6. The van der Waals surface area contributed by atoms with Gasteiger partial charge in [0, 0.05) is 67.6 Å². The minimum absolute atomic E-state index is 0.218. The molecule has 8 heteroatoms. The normalized spacial score (nSPS) is 11.6. The average molecular weight is 1350 g/mol. The van der Waals surface area contributed by atoms with Crippen LogP contribution in [0.15, 0.2) is 121 Å². The molecular formula is C94H104N4O4. The molecule has 8 nitrogen and oxygen atoms in total. The summed E-state index contributed by atoms with van der Waals surface area (Å²) >= 11 is 0. The van der Waals surface area contributed by atoms with E-state index in [1.54, 1.807) is 24.3 Å². The number of carboxylic acids is 1. The van der Waals surface area contributed by atoms with Crippen molar-refractivity contribution < 1.29 is 19.4 Å². The second-order valence-electron chi connectivity index (χ2n) is 28.7. The van der Waals surface area contributed by atoms with E-state index in [1.165, 1.54) is 158 Å². The van der Waals surface area contributed by atoms with Gasteiger partial charge in [-0.3, -0.25) is 0 Å². The molecule has 6 aromatic carbocycles. The first-order valence-corrected chi connectivity index (χ1v) is 37.9. The van der Waals surface area contributed by atoms with Crippen molar-refractivity contribution in [3.05, 3.63) is 222 Å². The third-order valence-electron chi connectivity index (χ3n) is 20.1. The van der Waals surface area contributed by atoms with Crippen molar-refractivity contribution >= 4 is 52.3 Å². The number of carboxylic acid groups (broad SMARTS) is 1. The molecule has 0 atom stereocenters. The Hall–Kier alpha value is -9.89.